The molecular formula is C16H26N2O2. The molecule has 112 valence electrons. The Balaban J connectivity index is 1.53. The van der Waals surface area contributed by atoms with Gasteiger partial charge in [-0.1, -0.05) is 0 Å². The van der Waals surface area contributed by atoms with Gasteiger partial charge in [-0.25, -0.2) is 0 Å². The lowest BCUT2D eigenvalue weighted by Crippen LogP contribution is -2.71. The van der Waals surface area contributed by atoms with E-state index in [0.29, 0.717) is 5.54 Å². The summed E-state index contributed by atoms with van der Waals surface area (Å²) in [5, 5.41) is 0. The Morgan fingerprint density at radius 3 is 3.00 bits per heavy atom. The Morgan fingerprint density at radius 2 is 2.30 bits per heavy atom. The highest BCUT2D eigenvalue weighted by Gasteiger charge is 2.49. The Hall–Kier alpha value is -0.840. The maximum atomic E-state index is 5.64. The van der Waals surface area contributed by atoms with Gasteiger partial charge < -0.3 is 9.15 Å². The molecule has 4 nitrogen and oxygen atoms in total. The molecule has 2 aliphatic heterocycles. The number of piperidine rings is 1. The molecule has 3 rings (SSSR count). The molecule has 2 saturated heterocycles. The van der Waals surface area contributed by atoms with Crippen LogP contribution < -0.4 is 0 Å². The highest BCUT2D eigenvalue weighted by molar-refractivity contribution is 5.08. The van der Waals surface area contributed by atoms with Gasteiger partial charge in [-0.2, -0.15) is 0 Å². The van der Waals surface area contributed by atoms with Crippen LogP contribution in [0.1, 0.15) is 25.5 Å². The van der Waals surface area contributed by atoms with Crippen LogP contribution in [0.15, 0.2) is 22.8 Å². The molecule has 0 bridgehead atoms. The molecular weight excluding hydrogens is 252 g/mol. The molecule has 2 fully saturated rings. The van der Waals surface area contributed by atoms with Crippen LogP contribution in [-0.2, 0) is 11.3 Å². The van der Waals surface area contributed by atoms with Crippen LogP contribution >= 0.6 is 0 Å². The molecule has 20 heavy (non-hydrogen) atoms. The molecule has 0 aromatic carbocycles. The normalized spacial score (nSPS) is 26.8. The minimum absolute atomic E-state index is 0.382. The van der Waals surface area contributed by atoms with Crippen molar-refractivity contribution >= 4 is 0 Å². The van der Waals surface area contributed by atoms with Gasteiger partial charge in [-0.15, -0.1) is 0 Å². The molecule has 0 unspecified atom stereocenters. The second kappa shape index (κ2) is 5.88. The van der Waals surface area contributed by atoms with Crippen molar-refractivity contribution < 1.29 is 9.15 Å². The Labute approximate surface area is 121 Å². The highest BCUT2D eigenvalue weighted by Crippen LogP contribution is 2.38. The number of ether oxygens (including phenoxy) is 1. The van der Waals surface area contributed by atoms with Crippen LogP contribution in [0.25, 0.3) is 0 Å². The summed E-state index contributed by atoms with van der Waals surface area (Å²) in [6.07, 6.45) is 4.31. The van der Waals surface area contributed by atoms with E-state index in [0.717, 1.165) is 44.5 Å². The molecule has 4 heteroatoms. The summed E-state index contributed by atoms with van der Waals surface area (Å²) >= 11 is 0. The van der Waals surface area contributed by atoms with Crippen molar-refractivity contribution in [2.45, 2.75) is 31.8 Å². The summed E-state index contributed by atoms with van der Waals surface area (Å²) in [4.78, 5) is 5.05. The van der Waals surface area contributed by atoms with Crippen LogP contribution in [0.4, 0.5) is 0 Å². The van der Waals surface area contributed by atoms with E-state index in [4.69, 9.17) is 9.15 Å². The minimum Gasteiger partial charge on any atom is -0.468 e. The van der Waals surface area contributed by atoms with Crippen LogP contribution in [0.3, 0.4) is 0 Å². The number of nitrogens with zero attached hydrogens (tertiary/aromatic N) is 2. The monoisotopic (exact) mass is 278 g/mol. The SMILES string of the molecule is CCOC[C@H]1CCN(C)C2(C1)CN(Cc1ccco1)C2. The lowest BCUT2D eigenvalue weighted by atomic mass is 9.75. The minimum atomic E-state index is 0.382. The van der Waals surface area contributed by atoms with Gasteiger partial charge in [0.15, 0.2) is 0 Å². The number of furan rings is 1. The Morgan fingerprint density at radius 1 is 1.45 bits per heavy atom. The number of likely N-dealkylation sites (N-methyl/N-ethyl adjacent to an activating group) is 1. The lowest BCUT2D eigenvalue weighted by Gasteiger charge is -2.58. The molecule has 1 aromatic heterocycles. The van der Waals surface area contributed by atoms with Gasteiger partial charge in [0, 0.05) is 31.8 Å². The van der Waals surface area contributed by atoms with E-state index >= 15 is 0 Å². The Kier molecular flexibility index (Phi) is 4.15. The standard InChI is InChI=1S/C16H26N2O2/c1-3-19-11-14-6-7-17(2)16(9-14)12-18(13-16)10-15-5-4-8-20-15/h4-5,8,14H,3,6-7,9-13H2,1-2H3/t14-/m0/s1. The zero-order valence-corrected chi connectivity index (χ0v) is 12.7. The molecule has 0 N–H and O–H groups in total. The fourth-order valence-corrected chi connectivity index (χ4v) is 3.73. The molecule has 3 heterocycles. The first-order chi connectivity index (χ1) is 9.72. The summed E-state index contributed by atoms with van der Waals surface area (Å²) in [5.74, 6) is 1.81. The molecule has 2 aliphatic rings. The third-order valence-electron chi connectivity index (χ3n) is 4.90. The van der Waals surface area contributed by atoms with Crippen molar-refractivity contribution in [3.63, 3.8) is 0 Å². The molecule has 1 aromatic rings. The second-order valence-electron chi connectivity index (χ2n) is 6.39. The maximum absolute atomic E-state index is 5.64. The smallest absolute Gasteiger partial charge is 0.117 e. The van der Waals surface area contributed by atoms with Crippen molar-refractivity contribution in [3.8, 4) is 0 Å². The van der Waals surface area contributed by atoms with Crippen LogP contribution in [0, 0.1) is 5.92 Å². The average Bonchev–Trinajstić information content (AvgIpc) is 2.90. The number of hydrogen-bond donors (Lipinski definition) is 0. The van der Waals surface area contributed by atoms with E-state index in [9.17, 15) is 0 Å². The van der Waals surface area contributed by atoms with Gasteiger partial charge in [0.25, 0.3) is 0 Å². The first-order valence-electron chi connectivity index (χ1n) is 7.75. The number of hydrogen-bond acceptors (Lipinski definition) is 4. The molecule has 0 radical (unpaired) electrons. The van der Waals surface area contributed by atoms with Crippen molar-refractivity contribution in [3.05, 3.63) is 24.2 Å². The van der Waals surface area contributed by atoms with Crippen molar-refractivity contribution in [2.75, 3.05) is 39.9 Å². The highest BCUT2D eigenvalue weighted by atomic mass is 16.5. The first-order valence-corrected chi connectivity index (χ1v) is 7.75. The summed E-state index contributed by atoms with van der Waals surface area (Å²) in [6, 6.07) is 4.03. The number of rotatable bonds is 5. The summed E-state index contributed by atoms with van der Waals surface area (Å²) in [5.41, 5.74) is 0.382. The fraction of sp³-hybridized carbons (Fsp3) is 0.750. The zero-order chi connectivity index (χ0) is 14.0. The van der Waals surface area contributed by atoms with Crippen molar-refractivity contribution in [1.29, 1.82) is 0 Å². The summed E-state index contributed by atoms with van der Waals surface area (Å²) in [6.45, 7) is 8.32. The van der Waals surface area contributed by atoms with E-state index in [1.807, 2.05) is 6.07 Å². The third-order valence-corrected chi connectivity index (χ3v) is 4.90. The van der Waals surface area contributed by atoms with Crippen LogP contribution in [-0.4, -0.2) is 55.2 Å². The van der Waals surface area contributed by atoms with Gasteiger partial charge in [0.2, 0.25) is 0 Å². The van der Waals surface area contributed by atoms with E-state index in [1.165, 1.54) is 19.4 Å². The molecule has 0 aliphatic carbocycles. The molecule has 1 spiro atoms. The Bertz CT molecular complexity index is 410. The molecule has 0 amide bonds. The first kappa shape index (κ1) is 14.1. The summed E-state index contributed by atoms with van der Waals surface area (Å²) in [7, 11) is 2.28. The predicted molar refractivity (Wildman–Crippen MR) is 78.6 cm³/mol. The summed E-state index contributed by atoms with van der Waals surface area (Å²) < 4.78 is 11.1. The van der Waals surface area contributed by atoms with E-state index in [2.05, 4.69) is 29.8 Å². The van der Waals surface area contributed by atoms with Gasteiger partial charge in [0.05, 0.1) is 12.8 Å². The zero-order valence-electron chi connectivity index (χ0n) is 12.7. The number of likely N-dealkylation sites (tertiary alicyclic amines) is 2. The maximum Gasteiger partial charge on any atom is 0.117 e. The van der Waals surface area contributed by atoms with Crippen molar-refractivity contribution in [2.24, 2.45) is 5.92 Å². The van der Waals surface area contributed by atoms with Crippen LogP contribution in [0.5, 0.6) is 0 Å². The van der Waals surface area contributed by atoms with E-state index < -0.39 is 0 Å². The van der Waals surface area contributed by atoms with Gasteiger partial charge >= 0.3 is 0 Å². The topological polar surface area (TPSA) is 28.9 Å². The quantitative estimate of drug-likeness (QED) is 0.826. The second-order valence-corrected chi connectivity index (χ2v) is 6.39. The average molecular weight is 278 g/mol. The van der Waals surface area contributed by atoms with Gasteiger partial charge in [-0.05, 0) is 51.4 Å². The van der Waals surface area contributed by atoms with Gasteiger partial charge in [-0.3, -0.25) is 9.80 Å². The lowest BCUT2D eigenvalue weighted by molar-refractivity contribution is -0.0938. The van der Waals surface area contributed by atoms with E-state index in [-0.39, 0.29) is 0 Å². The van der Waals surface area contributed by atoms with Gasteiger partial charge in [0.1, 0.15) is 5.76 Å². The van der Waals surface area contributed by atoms with Crippen LogP contribution in [0.2, 0.25) is 0 Å². The molecule has 1 atom stereocenters. The molecule has 0 saturated carbocycles. The van der Waals surface area contributed by atoms with E-state index in [1.54, 1.807) is 6.26 Å². The van der Waals surface area contributed by atoms with Crippen molar-refractivity contribution in [1.82, 2.24) is 9.80 Å². The predicted octanol–water partition coefficient (Wildman–Crippen LogP) is 2.21. The third kappa shape index (κ3) is 2.78. The fourth-order valence-electron chi connectivity index (χ4n) is 3.73. The largest absolute Gasteiger partial charge is 0.468 e.